The summed E-state index contributed by atoms with van der Waals surface area (Å²) in [6, 6.07) is 5.58. The second-order valence-corrected chi connectivity index (χ2v) is 4.59. The zero-order valence-corrected chi connectivity index (χ0v) is 9.87. The van der Waals surface area contributed by atoms with Crippen molar-refractivity contribution in [3.8, 4) is 6.07 Å². The molecule has 94 valence electrons. The Kier molecular flexibility index (Phi) is 3.30. The quantitative estimate of drug-likeness (QED) is 0.854. The lowest BCUT2D eigenvalue weighted by Crippen LogP contribution is -2.47. The maximum atomic E-state index is 13.0. The van der Waals surface area contributed by atoms with Crippen LogP contribution in [0.1, 0.15) is 24.8 Å². The Labute approximate surface area is 105 Å². The van der Waals surface area contributed by atoms with E-state index in [1.165, 1.54) is 12.1 Å². The third-order valence-corrected chi connectivity index (χ3v) is 3.53. The molecule has 0 aromatic heterocycles. The standard InChI is InChI=1S/C13H14FN3O/c14-10-2-3-11(9(6-10)7-15)17-12(18)13(8-16)4-1-5-13/h2-3,6H,1,4-5,8,16H2,(H,17,18). The van der Waals surface area contributed by atoms with Crippen molar-refractivity contribution in [1.29, 1.82) is 5.26 Å². The average Bonchev–Trinajstić information content (AvgIpc) is 2.30. The second kappa shape index (κ2) is 4.75. The van der Waals surface area contributed by atoms with E-state index in [-0.39, 0.29) is 11.5 Å². The first-order valence-electron chi connectivity index (χ1n) is 5.82. The maximum absolute atomic E-state index is 13.0. The molecule has 0 unspecified atom stereocenters. The van der Waals surface area contributed by atoms with Gasteiger partial charge in [0, 0.05) is 6.54 Å². The van der Waals surface area contributed by atoms with Crippen LogP contribution in [-0.2, 0) is 4.79 Å². The molecule has 0 radical (unpaired) electrons. The Balaban J connectivity index is 2.20. The number of nitrogens with zero attached hydrogens (tertiary/aromatic N) is 1. The highest BCUT2D eigenvalue weighted by molar-refractivity contribution is 5.97. The van der Waals surface area contributed by atoms with Gasteiger partial charge in [0.25, 0.3) is 0 Å². The van der Waals surface area contributed by atoms with Crippen LogP contribution < -0.4 is 11.1 Å². The third kappa shape index (κ3) is 2.07. The molecule has 1 aliphatic carbocycles. The summed E-state index contributed by atoms with van der Waals surface area (Å²) in [6.45, 7) is 0.294. The molecule has 3 N–H and O–H groups in total. The summed E-state index contributed by atoms with van der Waals surface area (Å²) in [5.41, 5.74) is 5.58. The maximum Gasteiger partial charge on any atom is 0.231 e. The van der Waals surface area contributed by atoms with Crippen molar-refractivity contribution in [2.45, 2.75) is 19.3 Å². The zero-order valence-electron chi connectivity index (χ0n) is 9.87. The first kappa shape index (κ1) is 12.5. The molecule has 1 aromatic carbocycles. The molecule has 2 rings (SSSR count). The van der Waals surface area contributed by atoms with E-state index >= 15 is 0 Å². The van der Waals surface area contributed by atoms with E-state index in [9.17, 15) is 9.18 Å². The lowest BCUT2D eigenvalue weighted by Gasteiger charge is -2.39. The first-order valence-corrected chi connectivity index (χ1v) is 5.82. The number of carbonyl (C=O) groups excluding carboxylic acids is 1. The Morgan fingerprint density at radius 3 is 2.78 bits per heavy atom. The van der Waals surface area contributed by atoms with Crippen molar-refractivity contribution in [2.24, 2.45) is 11.1 Å². The van der Waals surface area contributed by atoms with Gasteiger partial charge in [-0.05, 0) is 31.0 Å². The molecular weight excluding hydrogens is 233 g/mol. The van der Waals surface area contributed by atoms with Gasteiger partial charge in [-0.25, -0.2) is 4.39 Å². The molecule has 0 bridgehead atoms. The number of hydrogen-bond donors (Lipinski definition) is 2. The van der Waals surface area contributed by atoms with Gasteiger partial charge in [0.1, 0.15) is 11.9 Å². The molecular formula is C13H14FN3O. The molecule has 5 heteroatoms. The average molecular weight is 247 g/mol. The summed E-state index contributed by atoms with van der Waals surface area (Å²) in [7, 11) is 0. The Morgan fingerprint density at radius 2 is 2.28 bits per heavy atom. The molecule has 1 aromatic rings. The predicted molar refractivity (Wildman–Crippen MR) is 65.1 cm³/mol. The number of nitrogens with one attached hydrogen (secondary N) is 1. The van der Waals surface area contributed by atoms with Crippen molar-refractivity contribution in [1.82, 2.24) is 0 Å². The lowest BCUT2D eigenvalue weighted by atomic mass is 9.68. The highest BCUT2D eigenvalue weighted by Crippen LogP contribution is 2.41. The third-order valence-electron chi connectivity index (χ3n) is 3.53. The molecule has 0 atom stereocenters. The van der Waals surface area contributed by atoms with Gasteiger partial charge >= 0.3 is 0 Å². The van der Waals surface area contributed by atoms with Crippen LogP contribution in [0.5, 0.6) is 0 Å². The van der Waals surface area contributed by atoms with Crippen LogP contribution >= 0.6 is 0 Å². The molecule has 0 heterocycles. The SMILES string of the molecule is N#Cc1cc(F)ccc1NC(=O)C1(CN)CCC1. The number of hydrogen-bond acceptors (Lipinski definition) is 3. The molecule has 1 aliphatic rings. The van der Waals surface area contributed by atoms with E-state index in [1.54, 1.807) is 0 Å². The summed E-state index contributed by atoms with van der Waals surface area (Å²) in [5.74, 6) is -0.680. The van der Waals surface area contributed by atoms with Crippen molar-refractivity contribution >= 4 is 11.6 Å². The number of anilines is 1. The van der Waals surface area contributed by atoms with Crippen LogP contribution in [0.3, 0.4) is 0 Å². The van der Waals surface area contributed by atoms with Gasteiger partial charge in [0.15, 0.2) is 0 Å². The van der Waals surface area contributed by atoms with E-state index < -0.39 is 11.2 Å². The number of benzene rings is 1. The van der Waals surface area contributed by atoms with Crippen molar-refractivity contribution in [3.05, 3.63) is 29.6 Å². The van der Waals surface area contributed by atoms with Gasteiger partial charge < -0.3 is 11.1 Å². The Bertz CT molecular complexity index is 512. The van der Waals surface area contributed by atoms with Crippen LogP contribution in [0.4, 0.5) is 10.1 Å². The molecule has 1 amide bonds. The Morgan fingerprint density at radius 1 is 1.56 bits per heavy atom. The van der Waals surface area contributed by atoms with Gasteiger partial charge in [-0.2, -0.15) is 5.26 Å². The van der Waals surface area contributed by atoms with E-state index in [1.807, 2.05) is 6.07 Å². The first-order chi connectivity index (χ1) is 8.61. The van der Waals surface area contributed by atoms with E-state index in [4.69, 9.17) is 11.0 Å². The van der Waals surface area contributed by atoms with Gasteiger partial charge in [-0.3, -0.25) is 4.79 Å². The zero-order chi connectivity index (χ0) is 13.2. The van der Waals surface area contributed by atoms with Crippen molar-refractivity contribution in [3.63, 3.8) is 0 Å². The minimum Gasteiger partial charge on any atom is -0.329 e. The molecule has 1 saturated carbocycles. The van der Waals surface area contributed by atoms with Gasteiger partial charge in [0.05, 0.1) is 16.7 Å². The molecule has 1 fully saturated rings. The number of amides is 1. The number of rotatable bonds is 3. The largest absolute Gasteiger partial charge is 0.329 e. The van der Waals surface area contributed by atoms with Gasteiger partial charge in [-0.1, -0.05) is 6.42 Å². The molecule has 0 aliphatic heterocycles. The highest BCUT2D eigenvalue weighted by atomic mass is 19.1. The van der Waals surface area contributed by atoms with Crippen molar-refractivity contribution in [2.75, 3.05) is 11.9 Å². The van der Waals surface area contributed by atoms with Crippen molar-refractivity contribution < 1.29 is 9.18 Å². The number of carbonyl (C=O) groups is 1. The fourth-order valence-electron chi connectivity index (χ4n) is 2.10. The minimum absolute atomic E-state index is 0.120. The minimum atomic E-state index is -0.513. The van der Waals surface area contributed by atoms with Crippen LogP contribution in [0, 0.1) is 22.6 Å². The molecule has 0 spiro atoms. The van der Waals surface area contributed by atoms with E-state index in [0.29, 0.717) is 12.2 Å². The second-order valence-electron chi connectivity index (χ2n) is 4.59. The van der Waals surface area contributed by atoms with Gasteiger partial charge in [0.2, 0.25) is 5.91 Å². The smallest absolute Gasteiger partial charge is 0.231 e. The topological polar surface area (TPSA) is 78.9 Å². The normalized spacial score (nSPS) is 16.5. The molecule has 4 nitrogen and oxygen atoms in total. The number of nitriles is 1. The van der Waals surface area contributed by atoms with Crippen LogP contribution in [0.25, 0.3) is 0 Å². The summed E-state index contributed by atoms with van der Waals surface area (Å²) in [5, 5.41) is 11.6. The molecule has 0 saturated heterocycles. The molecule has 18 heavy (non-hydrogen) atoms. The highest BCUT2D eigenvalue weighted by Gasteiger charge is 2.42. The summed E-state index contributed by atoms with van der Waals surface area (Å²) in [6.07, 6.45) is 2.51. The fourth-order valence-corrected chi connectivity index (χ4v) is 2.10. The van der Waals surface area contributed by atoms with Crippen LogP contribution in [-0.4, -0.2) is 12.5 Å². The fraction of sp³-hybridized carbons (Fsp3) is 0.385. The predicted octanol–water partition coefficient (Wildman–Crippen LogP) is 1.76. The Hall–Kier alpha value is -1.93. The monoisotopic (exact) mass is 247 g/mol. The van der Waals surface area contributed by atoms with Gasteiger partial charge in [-0.15, -0.1) is 0 Å². The van der Waals surface area contributed by atoms with Crippen LogP contribution in [0.2, 0.25) is 0 Å². The summed E-state index contributed by atoms with van der Waals surface area (Å²) >= 11 is 0. The number of halogens is 1. The summed E-state index contributed by atoms with van der Waals surface area (Å²) < 4.78 is 13.0. The number of nitrogens with two attached hydrogens (primary N) is 1. The van der Waals surface area contributed by atoms with E-state index in [2.05, 4.69) is 5.32 Å². The van der Waals surface area contributed by atoms with Crippen LogP contribution in [0.15, 0.2) is 18.2 Å². The lowest BCUT2D eigenvalue weighted by molar-refractivity contribution is -0.129. The summed E-state index contributed by atoms with van der Waals surface area (Å²) in [4.78, 5) is 12.1. The van der Waals surface area contributed by atoms with E-state index in [0.717, 1.165) is 25.3 Å².